The molecule has 0 unspecified atom stereocenters. The van der Waals surface area contributed by atoms with Crippen LogP contribution in [-0.4, -0.2) is 6.29 Å². The van der Waals surface area contributed by atoms with E-state index in [1.54, 1.807) is 0 Å². The number of aldehydes is 1. The Balaban J connectivity index is 2.18. The van der Waals surface area contributed by atoms with Crippen molar-refractivity contribution in [2.24, 2.45) is 0 Å². The highest BCUT2D eigenvalue weighted by Gasteiger charge is 2.22. The number of hydrogen-bond acceptors (Lipinski definition) is 1. The Morgan fingerprint density at radius 1 is 0.762 bits per heavy atom. The topological polar surface area (TPSA) is 17.1 Å². The summed E-state index contributed by atoms with van der Waals surface area (Å²) in [7, 11) is 0. The Bertz CT molecular complexity index is 1070. The van der Waals surface area contributed by atoms with E-state index < -0.39 is 0 Å². The van der Waals surface area contributed by atoms with E-state index in [2.05, 4.69) is 42.5 Å². The maximum absolute atomic E-state index is 11.7. The smallest absolute Gasteiger partial charge is 0.150 e. The summed E-state index contributed by atoms with van der Waals surface area (Å²) >= 11 is 0. The second kappa shape index (κ2) is 3.70. The summed E-state index contributed by atoms with van der Waals surface area (Å²) in [5.74, 6) is 0. The number of fused-ring (bicyclic) bond motifs is 2. The van der Waals surface area contributed by atoms with Gasteiger partial charge in [0, 0.05) is 5.56 Å². The molecule has 0 aromatic heterocycles. The summed E-state index contributed by atoms with van der Waals surface area (Å²) in [4.78, 5) is 11.7. The first-order valence-electron chi connectivity index (χ1n) is 7.21. The minimum Gasteiger partial charge on any atom is -0.298 e. The van der Waals surface area contributed by atoms with Gasteiger partial charge in [-0.15, -0.1) is 0 Å². The molecule has 1 aliphatic rings. The molecule has 0 fully saturated rings. The molecule has 0 bridgehead atoms. The molecule has 1 nitrogen and oxygen atoms in total. The fourth-order valence-electron chi connectivity index (χ4n) is 3.90. The van der Waals surface area contributed by atoms with Gasteiger partial charge in [-0.25, -0.2) is 0 Å². The van der Waals surface area contributed by atoms with E-state index in [0.717, 1.165) is 23.7 Å². The van der Waals surface area contributed by atoms with Crippen LogP contribution in [0, 0.1) is 0 Å². The normalized spacial score (nSPS) is 12.8. The van der Waals surface area contributed by atoms with Crippen LogP contribution in [0.2, 0.25) is 0 Å². The monoisotopic (exact) mass is 268 g/mol. The Morgan fingerprint density at radius 2 is 1.62 bits per heavy atom. The number of rotatable bonds is 1. The van der Waals surface area contributed by atoms with Crippen molar-refractivity contribution in [3.63, 3.8) is 0 Å². The highest BCUT2D eigenvalue weighted by atomic mass is 16.1. The summed E-state index contributed by atoms with van der Waals surface area (Å²) in [6.45, 7) is 0. The average Bonchev–Trinajstić information content (AvgIpc) is 2.92. The van der Waals surface area contributed by atoms with E-state index in [9.17, 15) is 4.79 Å². The zero-order chi connectivity index (χ0) is 14.0. The first-order valence-corrected chi connectivity index (χ1v) is 7.21. The largest absolute Gasteiger partial charge is 0.298 e. The van der Waals surface area contributed by atoms with Crippen molar-refractivity contribution >= 4 is 38.6 Å². The molecule has 0 amide bonds. The van der Waals surface area contributed by atoms with E-state index in [1.807, 2.05) is 12.1 Å². The van der Waals surface area contributed by atoms with Crippen LogP contribution in [0.1, 0.15) is 21.5 Å². The molecule has 1 heteroatoms. The maximum atomic E-state index is 11.7. The predicted molar refractivity (Wildman–Crippen MR) is 87.2 cm³/mol. The van der Waals surface area contributed by atoms with Gasteiger partial charge in [-0.1, -0.05) is 54.6 Å². The summed E-state index contributed by atoms with van der Waals surface area (Å²) in [6.07, 6.45) is 1.90. The van der Waals surface area contributed by atoms with Crippen LogP contribution in [0.4, 0.5) is 0 Å². The molecule has 0 N–H and O–H groups in total. The summed E-state index contributed by atoms with van der Waals surface area (Å²) in [6, 6.07) is 19.1. The molecule has 98 valence electrons. The van der Waals surface area contributed by atoms with Gasteiger partial charge in [0.25, 0.3) is 0 Å². The number of hydrogen-bond donors (Lipinski definition) is 0. The first kappa shape index (κ1) is 11.0. The molecule has 0 saturated heterocycles. The van der Waals surface area contributed by atoms with E-state index in [1.165, 1.54) is 38.1 Å². The maximum Gasteiger partial charge on any atom is 0.150 e. The fourth-order valence-corrected chi connectivity index (χ4v) is 3.90. The highest BCUT2D eigenvalue weighted by Crippen LogP contribution is 2.43. The molecule has 4 aromatic rings. The second-order valence-electron chi connectivity index (χ2n) is 5.74. The van der Waals surface area contributed by atoms with Crippen molar-refractivity contribution in [3.8, 4) is 0 Å². The van der Waals surface area contributed by atoms with Crippen molar-refractivity contribution in [2.45, 2.75) is 6.42 Å². The lowest BCUT2D eigenvalue weighted by atomic mass is 9.92. The molecule has 0 saturated carbocycles. The number of carbonyl (C=O) groups excluding carboxylic acids is 1. The number of carbonyl (C=O) groups is 1. The van der Waals surface area contributed by atoms with Crippen molar-refractivity contribution < 1.29 is 4.79 Å². The summed E-state index contributed by atoms with van der Waals surface area (Å²) in [5.41, 5.74) is 3.40. The van der Waals surface area contributed by atoms with Crippen molar-refractivity contribution in [1.29, 1.82) is 0 Å². The molecule has 0 aliphatic heterocycles. The molecular formula is C20H12O. The standard InChI is InChI=1S/C20H12O/c21-11-18-15-7-2-1-6-14(15)16-9-8-12-4-3-5-13-10-17(18)20(16)19(12)13/h1-9,11H,10H2. The quantitative estimate of drug-likeness (QED) is 0.313. The molecule has 0 atom stereocenters. The zero-order valence-corrected chi connectivity index (χ0v) is 11.4. The van der Waals surface area contributed by atoms with Gasteiger partial charge in [0.15, 0.2) is 6.29 Å². The van der Waals surface area contributed by atoms with Gasteiger partial charge in [-0.2, -0.15) is 0 Å². The molecule has 21 heavy (non-hydrogen) atoms. The Labute approximate surface area is 121 Å². The van der Waals surface area contributed by atoms with Gasteiger partial charge in [0.1, 0.15) is 0 Å². The Hall–Kier alpha value is -2.67. The lowest BCUT2D eigenvalue weighted by Crippen LogP contribution is -1.93. The van der Waals surface area contributed by atoms with Crippen molar-refractivity contribution in [3.05, 3.63) is 71.3 Å². The molecular weight excluding hydrogens is 256 g/mol. The SMILES string of the molecule is O=Cc1c2c3c(ccc4cccc(c43)C2)c2ccccc12. The van der Waals surface area contributed by atoms with Crippen molar-refractivity contribution in [1.82, 2.24) is 0 Å². The van der Waals surface area contributed by atoms with Crippen LogP contribution in [-0.2, 0) is 6.42 Å². The molecule has 0 spiro atoms. The average molecular weight is 268 g/mol. The van der Waals surface area contributed by atoms with Crippen LogP contribution >= 0.6 is 0 Å². The highest BCUT2D eigenvalue weighted by molar-refractivity contribution is 6.24. The third-order valence-corrected chi connectivity index (χ3v) is 4.75. The van der Waals surface area contributed by atoms with E-state index >= 15 is 0 Å². The predicted octanol–water partition coefficient (Wildman–Crippen LogP) is 4.86. The molecule has 0 heterocycles. The second-order valence-corrected chi connectivity index (χ2v) is 5.74. The van der Waals surface area contributed by atoms with Gasteiger partial charge in [-0.05, 0) is 49.9 Å². The van der Waals surface area contributed by atoms with Crippen LogP contribution in [0.3, 0.4) is 0 Å². The van der Waals surface area contributed by atoms with Gasteiger partial charge >= 0.3 is 0 Å². The van der Waals surface area contributed by atoms with Crippen LogP contribution in [0.25, 0.3) is 32.3 Å². The molecule has 4 aromatic carbocycles. The lowest BCUT2D eigenvalue weighted by Gasteiger charge is -2.10. The molecule has 5 rings (SSSR count). The van der Waals surface area contributed by atoms with Crippen molar-refractivity contribution in [2.75, 3.05) is 0 Å². The lowest BCUT2D eigenvalue weighted by molar-refractivity contribution is 0.112. The van der Waals surface area contributed by atoms with Crippen LogP contribution < -0.4 is 0 Å². The molecule has 1 aliphatic carbocycles. The third kappa shape index (κ3) is 1.24. The summed E-state index contributed by atoms with van der Waals surface area (Å²) < 4.78 is 0. The van der Waals surface area contributed by atoms with Gasteiger partial charge in [0.05, 0.1) is 0 Å². The first-order chi connectivity index (χ1) is 10.4. The molecule has 0 radical (unpaired) electrons. The van der Waals surface area contributed by atoms with Gasteiger partial charge in [0.2, 0.25) is 0 Å². The van der Waals surface area contributed by atoms with Crippen LogP contribution in [0.15, 0.2) is 54.6 Å². The Kier molecular flexibility index (Phi) is 1.95. The van der Waals surface area contributed by atoms with Crippen LogP contribution in [0.5, 0.6) is 0 Å². The Morgan fingerprint density at radius 3 is 2.48 bits per heavy atom. The summed E-state index contributed by atoms with van der Waals surface area (Å²) in [5, 5.41) is 7.40. The number of benzene rings is 4. The van der Waals surface area contributed by atoms with Gasteiger partial charge < -0.3 is 0 Å². The van der Waals surface area contributed by atoms with Gasteiger partial charge in [-0.3, -0.25) is 4.79 Å². The fraction of sp³-hybridized carbons (Fsp3) is 0.0500. The minimum atomic E-state index is 0.863. The van der Waals surface area contributed by atoms with E-state index in [4.69, 9.17) is 0 Å². The third-order valence-electron chi connectivity index (χ3n) is 4.75. The zero-order valence-electron chi connectivity index (χ0n) is 11.4. The van der Waals surface area contributed by atoms with E-state index in [0.29, 0.717) is 0 Å². The minimum absolute atomic E-state index is 0.863. The van der Waals surface area contributed by atoms with E-state index in [-0.39, 0.29) is 0 Å².